The molecule has 3 aromatic rings. The van der Waals surface area contributed by atoms with Gasteiger partial charge in [-0.2, -0.15) is 0 Å². The van der Waals surface area contributed by atoms with Crippen molar-refractivity contribution in [1.29, 1.82) is 0 Å². The molecule has 0 amide bonds. The molecule has 0 aliphatic rings. The van der Waals surface area contributed by atoms with Gasteiger partial charge in [0.1, 0.15) is 5.58 Å². The van der Waals surface area contributed by atoms with Crippen LogP contribution in [-0.4, -0.2) is 27.1 Å². The first-order valence-corrected chi connectivity index (χ1v) is 7.67. The fourth-order valence-corrected chi connectivity index (χ4v) is 2.55. The standard InChI is InChI=1S/C20H18O5/c1-22-18-10-13(11-19(23-2)20(18)24-3)8-9-15(21)17-12-14-6-4-5-7-16(14)25-17/h4-12H,1-3H3. The van der Waals surface area contributed by atoms with E-state index in [9.17, 15) is 4.79 Å². The number of rotatable bonds is 6. The lowest BCUT2D eigenvalue weighted by Gasteiger charge is -2.12. The average Bonchev–Trinajstić information content (AvgIpc) is 3.09. The summed E-state index contributed by atoms with van der Waals surface area (Å²) in [7, 11) is 4.63. The third kappa shape index (κ3) is 3.35. The second-order valence-corrected chi connectivity index (χ2v) is 5.30. The molecule has 0 aliphatic carbocycles. The summed E-state index contributed by atoms with van der Waals surface area (Å²) in [5.41, 5.74) is 1.44. The molecular formula is C20H18O5. The Kier molecular flexibility index (Phi) is 4.75. The van der Waals surface area contributed by atoms with E-state index < -0.39 is 0 Å². The van der Waals surface area contributed by atoms with E-state index in [1.807, 2.05) is 24.3 Å². The molecule has 1 heterocycles. The minimum absolute atomic E-state index is 0.218. The van der Waals surface area contributed by atoms with Gasteiger partial charge in [0.25, 0.3) is 0 Å². The number of hydrogen-bond acceptors (Lipinski definition) is 5. The number of benzene rings is 2. The second-order valence-electron chi connectivity index (χ2n) is 5.30. The summed E-state index contributed by atoms with van der Waals surface area (Å²) in [5.74, 6) is 1.64. The fraction of sp³-hybridized carbons (Fsp3) is 0.150. The average molecular weight is 338 g/mol. The number of allylic oxidation sites excluding steroid dienone is 1. The summed E-state index contributed by atoms with van der Waals surface area (Å²) in [6.45, 7) is 0. The number of furan rings is 1. The van der Waals surface area contributed by atoms with Gasteiger partial charge >= 0.3 is 0 Å². The maximum atomic E-state index is 12.4. The van der Waals surface area contributed by atoms with Crippen molar-refractivity contribution in [2.45, 2.75) is 0 Å². The zero-order valence-electron chi connectivity index (χ0n) is 14.2. The topological polar surface area (TPSA) is 57.9 Å². The highest BCUT2D eigenvalue weighted by molar-refractivity contribution is 6.07. The van der Waals surface area contributed by atoms with Gasteiger partial charge in [-0.05, 0) is 35.9 Å². The van der Waals surface area contributed by atoms with E-state index in [1.165, 1.54) is 6.08 Å². The Morgan fingerprint density at radius 1 is 0.960 bits per heavy atom. The van der Waals surface area contributed by atoms with Gasteiger partial charge in [-0.1, -0.05) is 24.3 Å². The van der Waals surface area contributed by atoms with Crippen molar-refractivity contribution in [2.24, 2.45) is 0 Å². The van der Waals surface area contributed by atoms with E-state index >= 15 is 0 Å². The van der Waals surface area contributed by atoms with Crippen molar-refractivity contribution in [1.82, 2.24) is 0 Å². The Balaban J connectivity index is 1.89. The number of para-hydroxylation sites is 1. The summed E-state index contributed by atoms with van der Waals surface area (Å²) in [4.78, 5) is 12.4. The van der Waals surface area contributed by atoms with E-state index in [1.54, 1.807) is 45.6 Å². The van der Waals surface area contributed by atoms with Gasteiger partial charge in [-0.15, -0.1) is 0 Å². The van der Waals surface area contributed by atoms with Gasteiger partial charge < -0.3 is 18.6 Å². The molecule has 0 fully saturated rings. The minimum Gasteiger partial charge on any atom is -0.493 e. The van der Waals surface area contributed by atoms with Crippen molar-refractivity contribution >= 4 is 22.8 Å². The lowest BCUT2D eigenvalue weighted by Crippen LogP contribution is -1.96. The van der Waals surface area contributed by atoms with E-state index in [-0.39, 0.29) is 5.78 Å². The van der Waals surface area contributed by atoms with E-state index in [0.29, 0.717) is 28.6 Å². The summed E-state index contributed by atoms with van der Waals surface area (Å²) >= 11 is 0. The highest BCUT2D eigenvalue weighted by atomic mass is 16.5. The Bertz CT molecular complexity index is 878. The van der Waals surface area contributed by atoms with Crippen LogP contribution >= 0.6 is 0 Å². The normalized spacial score (nSPS) is 11.0. The maximum Gasteiger partial charge on any atom is 0.221 e. The van der Waals surface area contributed by atoms with Gasteiger partial charge in [-0.25, -0.2) is 0 Å². The molecule has 0 spiro atoms. The van der Waals surface area contributed by atoms with Crippen LogP contribution in [0.15, 0.2) is 53.0 Å². The van der Waals surface area contributed by atoms with Crippen molar-refractivity contribution in [2.75, 3.05) is 21.3 Å². The number of carbonyl (C=O) groups is 1. The molecule has 0 unspecified atom stereocenters. The molecule has 2 aromatic carbocycles. The molecular weight excluding hydrogens is 320 g/mol. The van der Waals surface area contributed by atoms with Crippen molar-refractivity contribution in [3.63, 3.8) is 0 Å². The highest BCUT2D eigenvalue weighted by Crippen LogP contribution is 2.38. The monoisotopic (exact) mass is 338 g/mol. The van der Waals surface area contributed by atoms with E-state index in [4.69, 9.17) is 18.6 Å². The van der Waals surface area contributed by atoms with Crippen molar-refractivity contribution < 1.29 is 23.4 Å². The van der Waals surface area contributed by atoms with Gasteiger partial charge in [0.2, 0.25) is 11.5 Å². The third-order valence-electron chi connectivity index (χ3n) is 3.78. The van der Waals surface area contributed by atoms with Crippen LogP contribution in [-0.2, 0) is 0 Å². The molecule has 0 bridgehead atoms. The fourth-order valence-electron chi connectivity index (χ4n) is 2.55. The summed E-state index contributed by atoms with van der Waals surface area (Å²) < 4.78 is 21.5. The zero-order chi connectivity index (χ0) is 17.8. The van der Waals surface area contributed by atoms with E-state index in [0.717, 1.165) is 10.9 Å². The lowest BCUT2D eigenvalue weighted by atomic mass is 10.1. The zero-order valence-corrected chi connectivity index (χ0v) is 14.2. The molecule has 1 aromatic heterocycles. The number of ether oxygens (including phenoxy) is 3. The van der Waals surface area contributed by atoms with Gasteiger partial charge in [0, 0.05) is 5.39 Å². The first kappa shape index (κ1) is 16.6. The SMILES string of the molecule is COc1cc(C=CC(=O)c2cc3ccccc3o2)cc(OC)c1OC. The Hall–Kier alpha value is -3.21. The van der Waals surface area contributed by atoms with Crippen LogP contribution in [0, 0.1) is 0 Å². The molecule has 3 rings (SSSR count). The lowest BCUT2D eigenvalue weighted by molar-refractivity contribution is 0.102. The van der Waals surface area contributed by atoms with Crippen LogP contribution < -0.4 is 14.2 Å². The maximum absolute atomic E-state index is 12.4. The molecule has 5 heteroatoms. The molecule has 0 atom stereocenters. The number of fused-ring (bicyclic) bond motifs is 1. The first-order chi connectivity index (χ1) is 12.2. The summed E-state index contributed by atoms with van der Waals surface area (Å²) in [5, 5.41) is 0.895. The highest BCUT2D eigenvalue weighted by Gasteiger charge is 2.13. The Morgan fingerprint density at radius 2 is 1.64 bits per heavy atom. The van der Waals surface area contributed by atoms with Gasteiger partial charge in [0.05, 0.1) is 21.3 Å². The molecule has 0 saturated carbocycles. The molecule has 0 aliphatic heterocycles. The van der Waals surface area contributed by atoms with Crippen LogP contribution in [0.1, 0.15) is 16.1 Å². The van der Waals surface area contributed by atoms with Crippen LogP contribution in [0.4, 0.5) is 0 Å². The second kappa shape index (κ2) is 7.13. The smallest absolute Gasteiger partial charge is 0.221 e. The molecule has 0 radical (unpaired) electrons. The van der Waals surface area contributed by atoms with Crippen LogP contribution in [0.25, 0.3) is 17.0 Å². The summed E-state index contributed by atoms with van der Waals surface area (Å²) in [6, 6.07) is 12.8. The predicted molar refractivity (Wildman–Crippen MR) is 95.7 cm³/mol. The van der Waals surface area contributed by atoms with Crippen LogP contribution in [0.5, 0.6) is 17.2 Å². The molecule has 25 heavy (non-hydrogen) atoms. The predicted octanol–water partition coefficient (Wildman–Crippen LogP) is 4.35. The Morgan fingerprint density at radius 3 is 2.24 bits per heavy atom. The van der Waals surface area contributed by atoms with E-state index in [2.05, 4.69) is 0 Å². The number of ketones is 1. The van der Waals surface area contributed by atoms with Crippen LogP contribution in [0.2, 0.25) is 0 Å². The number of carbonyl (C=O) groups excluding carboxylic acids is 1. The minimum atomic E-state index is -0.218. The van der Waals surface area contributed by atoms with Crippen molar-refractivity contribution in [3.8, 4) is 17.2 Å². The van der Waals surface area contributed by atoms with Crippen molar-refractivity contribution in [3.05, 3.63) is 59.9 Å². The third-order valence-corrected chi connectivity index (χ3v) is 3.78. The summed E-state index contributed by atoms with van der Waals surface area (Å²) in [6.07, 6.45) is 3.14. The van der Waals surface area contributed by atoms with Gasteiger partial charge in [0.15, 0.2) is 17.3 Å². The molecule has 0 saturated heterocycles. The largest absolute Gasteiger partial charge is 0.493 e. The van der Waals surface area contributed by atoms with Crippen LogP contribution in [0.3, 0.4) is 0 Å². The quantitative estimate of drug-likeness (QED) is 0.494. The number of hydrogen-bond donors (Lipinski definition) is 0. The number of methoxy groups -OCH3 is 3. The molecule has 128 valence electrons. The molecule has 0 N–H and O–H groups in total. The first-order valence-electron chi connectivity index (χ1n) is 7.67. The molecule has 5 nitrogen and oxygen atoms in total. The Labute approximate surface area is 145 Å². The van der Waals surface area contributed by atoms with Gasteiger partial charge in [-0.3, -0.25) is 4.79 Å².